The molecule has 0 saturated carbocycles. The minimum Gasteiger partial charge on any atom is -0.0840 e. The molecule has 0 aliphatic heterocycles. The lowest BCUT2D eigenvalue weighted by molar-refractivity contribution is 0.308. The van der Waals surface area contributed by atoms with E-state index in [0.717, 1.165) is 23.7 Å². The normalized spacial score (nSPS) is 25.0. The van der Waals surface area contributed by atoms with Crippen molar-refractivity contribution in [3.05, 3.63) is 23.3 Å². The number of rotatable bonds is 7. The highest BCUT2D eigenvalue weighted by molar-refractivity contribution is 5.27. The van der Waals surface area contributed by atoms with Crippen LogP contribution in [-0.4, -0.2) is 0 Å². The molecule has 0 saturated heterocycles. The molecule has 4 atom stereocenters. The molecule has 1 aliphatic rings. The second-order valence-electron chi connectivity index (χ2n) is 7.50. The van der Waals surface area contributed by atoms with Crippen LogP contribution >= 0.6 is 0 Å². The maximum Gasteiger partial charge on any atom is -0.0254 e. The van der Waals surface area contributed by atoms with Gasteiger partial charge < -0.3 is 0 Å². The summed E-state index contributed by atoms with van der Waals surface area (Å²) >= 11 is 0. The Morgan fingerprint density at radius 3 is 2.55 bits per heavy atom. The average Bonchev–Trinajstić information content (AvgIpc) is 2.41. The van der Waals surface area contributed by atoms with Crippen molar-refractivity contribution < 1.29 is 0 Å². The van der Waals surface area contributed by atoms with Crippen molar-refractivity contribution in [3.63, 3.8) is 0 Å². The van der Waals surface area contributed by atoms with Gasteiger partial charge >= 0.3 is 0 Å². The van der Waals surface area contributed by atoms with Crippen LogP contribution in [0.15, 0.2) is 23.3 Å². The fourth-order valence-electron chi connectivity index (χ4n) is 3.29. The van der Waals surface area contributed by atoms with E-state index in [0.29, 0.717) is 0 Å². The molecule has 0 aromatic rings. The van der Waals surface area contributed by atoms with E-state index in [1.807, 2.05) is 0 Å². The Labute approximate surface area is 127 Å². The van der Waals surface area contributed by atoms with Gasteiger partial charge in [-0.1, -0.05) is 58.8 Å². The van der Waals surface area contributed by atoms with Gasteiger partial charge in [0.15, 0.2) is 0 Å². The summed E-state index contributed by atoms with van der Waals surface area (Å²) in [4.78, 5) is 0. The van der Waals surface area contributed by atoms with E-state index in [9.17, 15) is 0 Å². The Bertz CT molecular complexity index is 334. The number of allylic oxidation sites excluding steroid dienone is 4. The van der Waals surface area contributed by atoms with Gasteiger partial charge in [0.2, 0.25) is 0 Å². The molecule has 0 aromatic carbocycles. The van der Waals surface area contributed by atoms with Gasteiger partial charge in [0.05, 0.1) is 0 Å². The molecule has 0 N–H and O–H groups in total. The third-order valence-corrected chi connectivity index (χ3v) is 5.38. The van der Waals surface area contributed by atoms with Crippen molar-refractivity contribution in [2.75, 3.05) is 0 Å². The third kappa shape index (κ3) is 5.85. The van der Waals surface area contributed by atoms with Crippen LogP contribution in [0.2, 0.25) is 0 Å². The molecule has 0 aromatic heterocycles. The summed E-state index contributed by atoms with van der Waals surface area (Å²) in [7, 11) is 0. The molecule has 4 unspecified atom stereocenters. The van der Waals surface area contributed by atoms with Gasteiger partial charge in [-0.15, -0.1) is 0 Å². The van der Waals surface area contributed by atoms with Gasteiger partial charge in [-0.25, -0.2) is 0 Å². The van der Waals surface area contributed by atoms with Crippen LogP contribution in [-0.2, 0) is 0 Å². The van der Waals surface area contributed by atoms with Crippen LogP contribution in [0.25, 0.3) is 0 Å². The average molecular weight is 277 g/mol. The summed E-state index contributed by atoms with van der Waals surface area (Å²) in [6.07, 6.45) is 12.8. The first-order valence-corrected chi connectivity index (χ1v) is 8.79. The van der Waals surface area contributed by atoms with Crippen LogP contribution in [0, 0.1) is 23.7 Å². The highest BCUT2D eigenvalue weighted by Crippen LogP contribution is 2.30. The summed E-state index contributed by atoms with van der Waals surface area (Å²) in [6.45, 7) is 14.2. The summed E-state index contributed by atoms with van der Waals surface area (Å²) in [5.74, 6) is 3.42. The van der Waals surface area contributed by atoms with E-state index < -0.39 is 0 Å². The van der Waals surface area contributed by atoms with Gasteiger partial charge in [-0.2, -0.15) is 0 Å². The van der Waals surface area contributed by atoms with Crippen LogP contribution in [0.1, 0.15) is 80.1 Å². The van der Waals surface area contributed by atoms with Crippen LogP contribution in [0.3, 0.4) is 0 Å². The van der Waals surface area contributed by atoms with Crippen molar-refractivity contribution in [1.29, 1.82) is 0 Å². The minimum absolute atomic E-state index is 0.817. The lowest BCUT2D eigenvalue weighted by Gasteiger charge is -2.22. The molecule has 0 fully saturated rings. The minimum atomic E-state index is 0.817. The standard InChI is InChI=1S/C20H36/c1-7-17(4)19(6)13-15(2)9-8-10-20-14-16(3)11-12-18(20)5/h8,10,15-17,19H,7,9,11-14H2,1-6H3/b10-8-. The smallest absolute Gasteiger partial charge is 0.0254 e. The van der Waals surface area contributed by atoms with E-state index in [1.165, 1.54) is 38.5 Å². The monoisotopic (exact) mass is 276 g/mol. The first-order chi connectivity index (χ1) is 9.43. The molecule has 20 heavy (non-hydrogen) atoms. The van der Waals surface area contributed by atoms with Gasteiger partial charge in [-0.05, 0) is 68.3 Å². The van der Waals surface area contributed by atoms with E-state index >= 15 is 0 Å². The largest absolute Gasteiger partial charge is 0.0840 e. The van der Waals surface area contributed by atoms with Crippen molar-refractivity contribution in [2.24, 2.45) is 23.7 Å². The summed E-state index contributed by atoms with van der Waals surface area (Å²) < 4.78 is 0. The van der Waals surface area contributed by atoms with Crippen molar-refractivity contribution in [2.45, 2.75) is 80.1 Å². The molecule has 0 heterocycles. The first kappa shape index (κ1) is 17.5. The Hall–Kier alpha value is -0.520. The topological polar surface area (TPSA) is 0 Å². The van der Waals surface area contributed by atoms with Crippen LogP contribution in [0.5, 0.6) is 0 Å². The molecular weight excluding hydrogens is 240 g/mol. The second-order valence-corrected chi connectivity index (χ2v) is 7.50. The summed E-state index contributed by atoms with van der Waals surface area (Å²) in [5.41, 5.74) is 3.24. The molecule has 0 amide bonds. The second kappa shape index (κ2) is 8.70. The summed E-state index contributed by atoms with van der Waals surface area (Å²) in [6, 6.07) is 0. The fourth-order valence-corrected chi connectivity index (χ4v) is 3.29. The van der Waals surface area contributed by atoms with Gasteiger partial charge in [0, 0.05) is 0 Å². The summed E-state index contributed by atoms with van der Waals surface area (Å²) in [5, 5.41) is 0. The maximum absolute atomic E-state index is 2.44. The lowest BCUT2D eigenvalue weighted by atomic mass is 9.84. The quantitative estimate of drug-likeness (QED) is 0.481. The lowest BCUT2D eigenvalue weighted by Crippen LogP contribution is -2.10. The van der Waals surface area contributed by atoms with Gasteiger partial charge in [0.25, 0.3) is 0 Å². The van der Waals surface area contributed by atoms with E-state index in [4.69, 9.17) is 0 Å². The van der Waals surface area contributed by atoms with Gasteiger partial charge in [0.1, 0.15) is 0 Å². The SMILES string of the molecule is CCC(C)C(C)CC(C)C/C=C\C1=C(C)CCC(C)C1. The van der Waals surface area contributed by atoms with E-state index in [-0.39, 0.29) is 0 Å². The maximum atomic E-state index is 2.44. The van der Waals surface area contributed by atoms with Crippen LogP contribution in [0.4, 0.5) is 0 Å². The van der Waals surface area contributed by atoms with Crippen molar-refractivity contribution >= 4 is 0 Å². The molecule has 1 aliphatic carbocycles. The predicted octanol–water partition coefficient (Wildman–Crippen LogP) is 6.78. The zero-order valence-corrected chi connectivity index (χ0v) is 14.7. The van der Waals surface area contributed by atoms with E-state index in [2.05, 4.69) is 53.7 Å². The molecule has 1 rings (SSSR count). The molecular formula is C20H36. The highest BCUT2D eigenvalue weighted by atomic mass is 14.2. The molecule has 0 bridgehead atoms. The molecule has 116 valence electrons. The molecule has 0 radical (unpaired) electrons. The Morgan fingerprint density at radius 1 is 1.20 bits per heavy atom. The highest BCUT2D eigenvalue weighted by Gasteiger charge is 2.14. The van der Waals surface area contributed by atoms with Crippen molar-refractivity contribution in [1.82, 2.24) is 0 Å². The van der Waals surface area contributed by atoms with E-state index in [1.54, 1.807) is 11.1 Å². The third-order valence-electron chi connectivity index (χ3n) is 5.38. The van der Waals surface area contributed by atoms with Gasteiger partial charge in [-0.3, -0.25) is 0 Å². The zero-order chi connectivity index (χ0) is 15.1. The van der Waals surface area contributed by atoms with Crippen LogP contribution < -0.4 is 0 Å². The predicted molar refractivity (Wildman–Crippen MR) is 91.9 cm³/mol. The number of hydrogen-bond acceptors (Lipinski definition) is 0. The molecule has 0 heteroatoms. The van der Waals surface area contributed by atoms with Crippen molar-refractivity contribution in [3.8, 4) is 0 Å². The molecule has 0 spiro atoms. The number of hydrogen-bond donors (Lipinski definition) is 0. The molecule has 0 nitrogen and oxygen atoms in total. The zero-order valence-electron chi connectivity index (χ0n) is 14.7. The Balaban J connectivity index is 2.40. The first-order valence-electron chi connectivity index (χ1n) is 8.79. The Morgan fingerprint density at radius 2 is 1.90 bits per heavy atom. The Kier molecular flexibility index (Phi) is 7.62. The fraction of sp³-hybridized carbons (Fsp3) is 0.800.